The predicted octanol–water partition coefficient (Wildman–Crippen LogP) is 1.09. The molecule has 0 N–H and O–H groups in total. The van der Waals surface area contributed by atoms with E-state index < -0.39 is 36.2 Å². The van der Waals surface area contributed by atoms with E-state index >= 15 is 0 Å². The molecule has 0 aliphatic carbocycles. The molecule has 0 spiro atoms. The molecule has 0 saturated heterocycles. The highest BCUT2D eigenvalue weighted by Crippen LogP contribution is 2.34. The molecule has 0 aromatic carbocycles. The van der Waals surface area contributed by atoms with Crippen LogP contribution in [-0.2, 0) is 28.3 Å². The van der Waals surface area contributed by atoms with Gasteiger partial charge < -0.3 is 9.47 Å². The summed E-state index contributed by atoms with van der Waals surface area (Å²) in [6, 6.07) is 0. The summed E-state index contributed by atoms with van der Waals surface area (Å²) in [7, 11) is -5.16. The quantitative estimate of drug-likeness (QED) is 0.314. The molecule has 1 atom stereocenters. The predicted molar refractivity (Wildman–Crippen MR) is 45.3 cm³/mol. The number of ether oxygens (including phenoxy) is 2. The van der Waals surface area contributed by atoms with Gasteiger partial charge in [-0.25, -0.2) is 4.18 Å². The van der Waals surface area contributed by atoms with Crippen molar-refractivity contribution in [2.45, 2.75) is 11.0 Å². The first kappa shape index (κ1) is 15.7. The number of alkyl halides is 3. The maximum absolute atomic E-state index is 12.0. The van der Waals surface area contributed by atoms with E-state index in [0.717, 1.165) is 14.2 Å². The molecule has 0 aliphatic rings. The van der Waals surface area contributed by atoms with Gasteiger partial charge in [0.1, 0.15) is 6.61 Å². The molecule has 0 saturated carbocycles. The second-order valence-corrected chi connectivity index (χ2v) is 4.83. The fraction of sp³-hybridized carbons (Fsp3) is 1.00. The fourth-order valence-electron chi connectivity index (χ4n) is 0.597. The largest absolute Gasteiger partial charge is 0.523 e. The van der Waals surface area contributed by atoms with Crippen molar-refractivity contribution in [2.24, 2.45) is 0 Å². The normalized spacial score (nSPS) is 17.3. The van der Waals surface area contributed by atoms with Crippen molar-refractivity contribution in [2.75, 3.05) is 20.8 Å². The van der Waals surface area contributed by atoms with E-state index in [9.17, 15) is 26.2 Å². The van der Waals surface area contributed by atoms with Crippen LogP contribution in [0.25, 0.3) is 0 Å². The van der Waals surface area contributed by atoms with Gasteiger partial charge in [-0.2, -0.15) is 21.6 Å². The van der Waals surface area contributed by atoms with Crippen molar-refractivity contribution >= 4 is 18.6 Å². The van der Waals surface area contributed by atoms with Gasteiger partial charge >= 0.3 is 15.6 Å². The molecule has 0 aliphatic heterocycles. The Morgan fingerprint density at radius 3 is 2.00 bits per heavy atom. The number of hydrogen-bond acceptors (Lipinski definition) is 6. The summed E-state index contributed by atoms with van der Waals surface area (Å²) in [4.78, 5) is 0. The first-order chi connectivity index (χ1) is 7.14. The van der Waals surface area contributed by atoms with Gasteiger partial charge in [0, 0.05) is 14.2 Å². The van der Waals surface area contributed by atoms with E-state index in [2.05, 4.69) is 13.7 Å². The average Bonchev–Trinajstić information content (AvgIpc) is 2.15. The Bertz CT molecular complexity index is 341. The van der Waals surface area contributed by atoms with Crippen molar-refractivity contribution in [3.63, 3.8) is 0 Å². The minimum Gasteiger partial charge on any atom is -0.378 e. The van der Waals surface area contributed by atoms with Crippen molar-refractivity contribution in [3.05, 3.63) is 0 Å². The summed E-state index contributed by atoms with van der Waals surface area (Å²) < 4.78 is 80.1. The lowest BCUT2D eigenvalue weighted by Crippen LogP contribution is -2.40. The topological polar surface area (TPSA) is 78.9 Å². The number of rotatable bonds is 6. The van der Waals surface area contributed by atoms with Crippen LogP contribution in [0.1, 0.15) is 0 Å². The van der Waals surface area contributed by atoms with Gasteiger partial charge in [0.25, 0.3) is 5.53 Å². The smallest absolute Gasteiger partial charge is 0.378 e. The van der Waals surface area contributed by atoms with E-state index in [-0.39, 0.29) is 0 Å². The Morgan fingerprint density at radius 1 is 1.25 bits per heavy atom. The van der Waals surface area contributed by atoms with E-state index in [1.807, 2.05) is 0 Å². The standard InChI is InChI=1S/C5H8F3O6PS/c1-12-3-4(13-2,15-9)14-16(10,11)5(6,7)8/h3H2,1-2H3. The Labute approximate surface area is 91.0 Å². The maximum atomic E-state index is 12.0. The second-order valence-electron chi connectivity index (χ2n) is 2.42. The van der Waals surface area contributed by atoms with Gasteiger partial charge in [-0.05, 0) is 0 Å². The molecule has 0 radical (unpaired) electrons. The number of methoxy groups -OCH3 is 2. The highest BCUT2D eigenvalue weighted by Gasteiger charge is 2.53. The molecule has 0 fully saturated rings. The molecule has 0 aromatic heterocycles. The van der Waals surface area contributed by atoms with Crippen LogP contribution < -0.4 is 0 Å². The van der Waals surface area contributed by atoms with Crippen LogP contribution in [0.15, 0.2) is 0 Å². The van der Waals surface area contributed by atoms with Crippen molar-refractivity contribution < 1.29 is 39.8 Å². The first-order valence-electron chi connectivity index (χ1n) is 3.54. The molecule has 1 unspecified atom stereocenters. The van der Waals surface area contributed by atoms with Crippen LogP contribution >= 0.6 is 8.46 Å². The summed E-state index contributed by atoms with van der Waals surface area (Å²) in [6.45, 7) is -0.760. The van der Waals surface area contributed by atoms with Crippen LogP contribution in [0.2, 0.25) is 0 Å². The SMILES string of the molecule is COCC(OC)(OS(=O)(=O)C(F)(F)F)P=O. The summed E-state index contributed by atoms with van der Waals surface area (Å²) in [5.41, 5.74) is -8.17. The third-order valence-corrected chi connectivity index (χ3v) is 3.17. The zero-order chi connectivity index (χ0) is 13.0. The molecular formula is C5H8F3O6PS. The third kappa shape index (κ3) is 3.63. The molecule has 0 aromatic rings. The highest BCUT2D eigenvalue weighted by molar-refractivity contribution is 7.87. The van der Waals surface area contributed by atoms with E-state index in [0.29, 0.717) is 0 Å². The van der Waals surface area contributed by atoms with E-state index in [4.69, 9.17) is 0 Å². The van der Waals surface area contributed by atoms with E-state index in [1.165, 1.54) is 0 Å². The summed E-state index contributed by atoms with van der Waals surface area (Å²) in [5.74, 6) is 0. The minimum absolute atomic E-state index is 0.760. The van der Waals surface area contributed by atoms with Gasteiger partial charge in [-0.3, -0.25) is 4.57 Å². The fourth-order valence-corrected chi connectivity index (χ4v) is 1.82. The zero-order valence-electron chi connectivity index (χ0n) is 8.15. The van der Waals surface area contributed by atoms with Crippen LogP contribution in [0.5, 0.6) is 0 Å². The van der Waals surface area contributed by atoms with Crippen LogP contribution in [-0.4, -0.2) is 40.3 Å². The van der Waals surface area contributed by atoms with Gasteiger partial charge in [0.2, 0.25) is 8.46 Å². The second kappa shape index (κ2) is 5.37. The summed E-state index contributed by atoms with van der Waals surface area (Å²) >= 11 is 0. The molecular weight excluding hydrogens is 276 g/mol. The highest BCUT2D eigenvalue weighted by atomic mass is 32.2. The minimum atomic E-state index is -5.91. The molecule has 96 valence electrons. The number of halogens is 3. The molecule has 0 heterocycles. The van der Waals surface area contributed by atoms with Gasteiger partial charge in [0.15, 0.2) is 0 Å². The zero-order valence-corrected chi connectivity index (χ0v) is 9.86. The third-order valence-electron chi connectivity index (χ3n) is 1.31. The average molecular weight is 284 g/mol. The van der Waals surface area contributed by atoms with Gasteiger partial charge in [0.05, 0.1) is 0 Å². The van der Waals surface area contributed by atoms with Crippen LogP contribution in [0.4, 0.5) is 13.2 Å². The Kier molecular flexibility index (Phi) is 5.27. The Hall–Kier alpha value is -0.280. The lowest BCUT2D eigenvalue weighted by Gasteiger charge is -2.23. The van der Waals surface area contributed by atoms with Crippen LogP contribution in [0.3, 0.4) is 0 Å². The summed E-state index contributed by atoms with van der Waals surface area (Å²) in [6.07, 6.45) is 0. The van der Waals surface area contributed by atoms with Gasteiger partial charge in [-0.1, -0.05) is 0 Å². The molecule has 11 heteroatoms. The molecule has 0 amide bonds. The molecule has 16 heavy (non-hydrogen) atoms. The van der Waals surface area contributed by atoms with E-state index in [1.54, 1.807) is 0 Å². The Balaban J connectivity index is 5.12. The molecule has 0 rings (SSSR count). The molecule has 0 bridgehead atoms. The Morgan fingerprint density at radius 2 is 1.75 bits per heavy atom. The lowest BCUT2D eigenvalue weighted by molar-refractivity contribution is -0.139. The monoisotopic (exact) mass is 284 g/mol. The molecule has 6 nitrogen and oxygen atoms in total. The van der Waals surface area contributed by atoms with Crippen molar-refractivity contribution in [1.82, 2.24) is 0 Å². The van der Waals surface area contributed by atoms with Gasteiger partial charge in [-0.15, -0.1) is 0 Å². The first-order valence-corrected chi connectivity index (χ1v) is 5.76. The lowest BCUT2D eigenvalue weighted by atomic mass is 10.7. The summed E-state index contributed by atoms with van der Waals surface area (Å²) in [5, 5.41) is 0. The maximum Gasteiger partial charge on any atom is 0.523 e. The number of hydrogen-bond donors (Lipinski definition) is 0. The van der Waals surface area contributed by atoms with Crippen molar-refractivity contribution in [3.8, 4) is 0 Å². The van der Waals surface area contributed by atoms with Crippen molar-refractivity contribution in [1.29, 1.82) is 0 Å². The van der Waals surface area contributed by atoms with Crippen LogP contribution in [0, 0.1) is 0 Å².